The summed E-state index contributed by atoms with van der Waals surface area (Å²) in [5.74, 6) is -0.787. The van der Waals surface area contributed by atoms with E-state index in [1.807, 2.05) is 38.1 Å². The topological polar surface area (TPSA) is 63.3 Å². The normalized spacial score (nSPS) is 10.5. The molecular formula is C13H13NO3. The molecule has 0 fully saturated rings. The highest BCUT2D eigenvalue weighted by Crippen LogP contribution is 2.25. The van der Waals surface area contributed by atoms with E-state index in [9.17, 15) is 4.79 Å². The van der Waals surface area contributed by atoms with Gasteiger partial charge in [-0.25, -0.2) is 9.78 Å². The molecule has 17 heavy (non-hydrogen) atoms. The molecule has 0 unspecified atom stereocenters. The number of hydrogen-bond donors (Lipinski definition) is 1. The molecule has 2 aromatic rings. The summed E-state index contributed by atoms with van der Waals surface area (Å²) in [6, 6.07) is 7.75. The number of carboxylic acid groups (broad SMARTS) is 1. The van der Waals surface area contributed by atoms with E-state index in [0.29, 0.717) is 17.9 Å². The van der Waals surface area contributed by atoms with Crippen LogP contribution in [-0.4, -0.2) is 16.1 Å². The molecular weight excluding hydrogens is 218 g/mol. The van der Waals surface area contributed by atoms with Crippen molar-refractivity contribution in [3.63, 3.8) is 0 Å². The Hall–Kier alpha value is -2.10. The number of hydrogen-bond acceptors (Lipinski definition) is 3. The second-order valence-electron chi connectivity index (χ2n) is 3.82. The van der Waals surface area contributed by atoms with Crippen molar-refractivity contribution in [2.75, 3.05) is 0 Å². The molecule has 4 nitrogen and oxygen atoms in total. The molecule has 1 heterocycles. The lowest BCUT2D eigenvalue weighted by atomic mass is 10.1. The number of oxazole rings is 1. The van der Waals surface area contributed by atoms with E-state index >= 15 is 0 Å². The van der Waals surface area contributed by atoms with Gasteiger partial charge in [0.2, 0.25) is 0 Å². The van der Waals surface area contributed by atoms with Gasteiger partial charge in [-0.15, -0.1) is 0 Å². The monoisotopic (exact) mass is 231 g/mol. The third-order valence-electron chi connectivity index (χ3n) is 2.49. The lowest BCUT2D eigenvalue weighted by molar-refractivity contribution is 0.0652. The average Bonchev–Trinajstić information content (AvgIpc) is 2.73. The zero-order chi connectivity index (χ0) is 12.4. The molecule has 0 spiro atoms. The Bertz CT molecular complexity index is 558. The van der Waals surface area contributed by atoms with Gasteiger partial charge in [-0.05, 0) is 13.0 Å². The minimum atomic E-state index is -1.14. The standard InChI is InChI=1S/C13H13NO3/c1-3-10-11(14-12(17-10)13(15)16)9-6-4-5-8(2)7-9/h4-7H,3H2,1-2H3,(H,15,16). The highest BCUT2D eigenvalue weighted by atomic mass is 16.4. The number of aromatic carboxylic acids is 1. The van der Waals surface area contributed by atoms with Crippen molar-refractivity contribution in [3.8, 4) is 11.3 Å². The fourth-order valence-electron chi connectivity index (χ4n) is 1.70. The number of carboxylic acids is 1. The van der Waals surface area contributed by atoms with Crippen LogP contribution in [0.15, 0.2) is 28.7 Å². The van der Waals surface area contributed by atoms with Crippen LogP contribution in [0, 0.1) is 6.92 Å². The van der Waals surface area contributed by atoms with E-state index in [4.69, 9.17) is 9.52 Å². The van der Waals surface area contributed by atoms with Gasteiger partial charge in [-0.2, -0.15) is 0 Å². The van der Waals surface area contributed by atoms with Gasteiger partial charge in [0.25, 0.3) is 0 Å². The minimum absolute atomic E-state index is 0.252. The lowest BCUT2D eigenvalue weighted by Crippen LogP contribution is -1.95. The number of aromatic nitrogens is 1. The maximum Gasteiger partial charge on any atom is 0.392 e. The first-order valence-corrected chi connectivity index (χ1v) is 5.42. The van der Waals surface area contributed by atoms with Crippen LogP contribution >= 0.6 is 0 Å². The molecule has 0 atom stereocenters. The summed E-state index contributed by atoms with van der Waals surface area (Å²) in [5, 5.41) is 8.86. The van der Waals surface area contributed by atoms with Crippen molar-refractivity contribution in [2.24, 2.45) is 0 Å². The molecule has 0 amide bonds. The molecule has 0 bridgehead atoms. The van der Waals surface area contributed by atoms with Gasteiger partial charge in [0.1, 0.15) is 11.5 Å². The number of carbonyl (C=O) groups is 1. The van der Waals surface area contributed by atoms with Crippen LogP contribution in [0.3, 0.4) is 0 Å². The first-order valence-electron chi connectivity index (χ1n) is 5.42. The van der Waals surface area contributed by atoms with Gasteiger partial charge in [0, 0.05) is 12.0 Å². The van der Waals surface area contributed by atoms with Crippen molar-refractivity contribution in [2.45, 2.75) is 20.3 Å². The molecule has 0 aliphatic rings. The molecule has 88 valence electrons. The van der Waals surface area contributed by atoms with Crippen LogP contribution in [-0.2, 0) is 6.42 Å². The van der Waals surface area contributed by atoms with Crippen molar-refractivity contribution < 1.29 is 14.3 Å². The molecule has 0 aliphatic carbocycles. The fraction of sp³-hybridized carbons (Fsp3) is 0.231. The van der Waals surface area contributed by atoms with Gasteiger partial charge in [0.15, 0.2) is 0 Å². The van der Waals surface area contributed by atoms with Gasteiger partial charge >= 0.3 is 11.9 Å². The average molecular weight is 231 g/mol. The highest BCUT2D eigenvalue weighted by molar-refractivity contribution is 5.83. The molecule has 0 radical (unpaired) electrons. The number of nitrogens with zero attached hydrogens (tertiary/aromatic N) is 1. The molecule has 0 saturated heterocycles. The minimum Gasteiger partial charge on any atom is -0.474 e. The van der Waals surface area contributed by atoms with E-state index < -0.39 is 5.97 Å². The Morgan fingerprint density at radius 1 is 1.47 bits per heavy atom. The fourth-order valence-corrected chi connectivity index (χ4v) is 1.70. The second kappa shape index (κ2) is 4.41. The van der Waals surface area contributed by atoms with Crippen LogP contribution in [0.2, 0.25) is 0 Å². The molecule has 0 saturated carbocycles. The Morgan fingerprint density at radius 2 is 2.24 bits per heavy atom. The number of aryl methyl sites for hydroxylation is 2. The summed E-state index contributed by atoms with van der Waals surface area (Å²) < 4.78 is 5.21. The van der Waals surface area contributed by atoms with E-state index in [1.54, 1.807) is 0 Å². The Balaban J connectivity index is 2.54. The van der Waals surface area contributed by atoms with Crippen LogP contribution in [0.5, 0.6) is 0 Å². The van der Waals surface area contributed by atoms with Crippen LogP contribution < -0.4 is 0 Å². The largest absolute Gasteiger partial charge is 0.474 e. The smallest absolute Gasteiger partial charge is 0.392 e. The van der Waals surface area contributed by atoms with E-state index in [1.165, 1.54) is 0 Å². The first kappa shape index (κ1) is 11.4. The van der Waals surface area contributed by atoms with Crippen molar-refractivity contribution in [1.82, 2.24) is 4.98 Å². The summed E-state index contributed by atoms with van der Waals surface area (Å²) in [5.41, 5.74) is 2.61. The van der Waals surface area contributed by atoms with Crippen LogP contribution in [0.25, 0.3) is 11.3 Å². The summed E-state index contributed by atoms with van der Waals surface area (Å²) in [6.45, 7) is 3.89. The van der Waals surface area contributed by atoms with Crippen molar-refractivity contribution in [3.05, 3.63) is 41.5 Å². The zero-order valence-electron chi connectivity index (χ0n) is 9.73. The Kier molecular flexibility index (Phi) is 2.95. The van der Waals surface area contributed by atoms with Crippen LogP contribution in [0.4, 0.5) is 0 Å². The van der Waals surface area contributed by atoms with Gasteiger partial charge in [-0.1, -0.05) is 30.7 Å². The Labute approximate surface area is 98.9 Å². The number of benzene rings is 1. The SMILES string of the molecule is CCc1oc(C(=O)O)nc1-c1cccc(C)c1. The zero-order valence-corrected chi connectivity index (χ0v) is 9.73. The number of rotatable bonds is 3. The van der Waals surface area contributed by atoms with Gasteiger partial charge < -0.3 is 9.52 Å². The maximum atomic E-state index is 10.8. The summed E-state index contributed by atoms with van der Waals surface area (Å²) in [7, 11) is 0. The first-order chi connectivity index (χ1) is 8.11. The molecule has 1 aromatic carbocycles. The molecule has 4 heteroatoms. The summed E-state index contributed by atoms with van der Waals surface area (Å²) in [4.78, 5) is 14.9. The van der Waals surface area contributed by atoms with Crippen molar-refractivity contribution in [1.29, 1.82) is 0 Å². The molecule has 0 aliphatic heterocycles. The third-order valence-corrected chi connectivity index (χ3v) is 2.49. The van der Waals surface area contributed by atoms with E-state index in [-0.39, 0.29) is 5.89 Å². The Morgan fingerprint density at radius 3 is 2.82 bits per heavy atom. The lowest BCUT2D eigenvalue weighted by Gasteiger charge is -1.99. The summed E-state index contributed by atoms with van der Waals surface area (Å²) >= 11 is 0. The van der Waals surface area contributed by atoms with Gasteiger partial charge in [0.05, 0.1) is 0 Å². The van der Waals surface area contributed by atoms with Gasteiger partial charge in [-0.3, -0.25) is 0 Å². The van der Waals surface area contributed by atoms with Crippen molar-refractivity contribution >= 4 is 5.97 Å². The third kappa shape index (κ3) is 2.20. The highest BCUT2D eigenvalue weighted by Gasteiger charge is 2.17. The predicted molar refractivity (Wildman–Crippen MR) is 63.0 cm³/mol. The molecule has 1 N–H and O–H groups in total. The quantitative estimate of drug-likeness (QED) is 0.882. The van der Waals surface area contributed by atoms with Crippen LogP contribution in [0.1, 0.15) is 28.9 Å². The maximum absolute atomic E-state index is 10.8. The summed E-state index contributed by atoms with van der Waals surface area (Å²) in [6.07, 6.45) is 0.615. The molecule has 1 aromatic heterocycles. The van der Waals surface area contributed by atoms with E-state index in [0.717, 1.165) is 11.1 Å². The molecule has 2 rings (SSSR count). The van der Waals surface area contributed by atoms with E-state index in [2.05, 4.69) is 4.98 Å². The second-order valence-corrected chi connectivity index (χ2v) is 3.82. The predicted octanol–water partition coefficient (Wildman–Crippen LogP) is 2.91.